The van der Waals surface area contributed by atoms with Crippen LogP contribution in [0.3, 0.4) is 0 Å². The minimum absolute atomic E-state index is 0.0883. The molecule has 3 heterocycles. The highest BCUT2D eigenvalue weighted by Gasteiger charge is 2.29. The van der Waals surface area contributed by atoms with Gasteiger partial charge in [-0.3, -0.25) is 24.6 Å². The summed E-state index contributed by atoms with van der Waals surface area (Å²) in [4.78, 5) is 32.1. The van der Waals surface area contributed by atoms with Gasteiger partial charge in [0.2, 0.25) is 5.69 Å². The van der Waals surface area contributed by atoms with Crippen LogP contribution in [0, 0.1) is 17.0 Å². The number of carbonyl (C=O) groups is 1. The molecule has 30 heavy (non-hydrogen) atoms. The predicted octanol–water partition coefficient (Wildman–Crippen LogP) is 4.19. The number of carbonyl (C=O) groups excluding carboxylic acids is 1. The third-order valence-electron chi connectivity index (χ3n) is 4.30. The van der Waals surface area contributed by atoms with E-state index in [0.29, 0.717) is 5.69 Å². The molecule has 1 N–H and O–H groups in total. The lowest BCUT2D eigenvalue weighted by atomic mass is 10.2. The van der Waals surface area contributed by atoms with E-state index in [4.69, 9.17) is 0 Å². The van der Waals surface area contributed by atoms with Crippen LogP contribution < -0.4 is 5.32 Å². The molecule has 0 fully saturated rings. The Kier molecular flexibility index (Phi) is 5.46. The van der Waals surface area contributed by atoms with E-state index in [1.165, 1.54) is 30.0 Å². The number of thioether (sulfide) groups is 1. The minimum atomic E-state index is -0.588. The third kappa shape index (κ3) is 4.02. The Balaban J connectivity index is 1.53. The number of hydrogen-bond acceptors (Lipinski definition) is 8. The van der Waals surface area contributed by atoms with Crippen molar-refractivity contribution in [1.29, 1.82) is 0 Å². The van der Waals surface area contributed by atoms with Crippen LogP contribution in [0.2, 0.25) is 0 Å². The first-order valence-corrected chi connectivity index (χ1v) is 10.6. The predicted molar refractivity (Wildman–Crippen MR) is 116 cm³/mol. The Labute approximate surface area is 179 Å². The number of rotatable bonds is 6. The Bertz CT molecular complexity index is 1250. The second kappa shape index (κ2) is 8.20. The van der Waals surface area contributed by atoms with E-state index in [9.17, 15) is 14.9 Å². The smallest absolute Gasteiger partial charge is 0.320 e. The van der Waals surface area contributed by atoms with Gasteiger partial charge in [-0.05, 0) is 36.8 Å². The average molecular weight is 441 g/mol. The number of anilines is 1. The van der Waals surface area contributed by atoms with E-state index < -0.39 is 10.8 Å². The number of nitrogens with one attached hydrogen (secondary N) is 1. The van der Waals surface area contributed by atoms with Crippen LogP contribution in [0.1, 0.15) is 21.7 Å². The summed E-state index contributed by atoms with van der Waals surface area (Å²) in [5.74, 6) is 0.181. The second-order valence-corrected chi connectivity index (χ2v) is 8.68. The van der Waals surface area contributed by atoms with E-state index >= 15 is 0 Å². The Morgan fingerprint density at radius 2 is 2.20 bits per heavy atom. The van der Waals surface area contributed by atoms with Gasteiger partial charge < -0.3 is 5.32 Å². The molecule has 1 amide bonds. The van der Waals surface area contributed by atoms with Crippen LogP contribution >= 0.6 is 23.1 Å². The second-order valence-electron chi connectivity index (χ2n) is 6.43. The molecule has 0 atom stereocenters. The van der Waals surface area contributed by atoms with Crippen molar-refractivity contribution in [3.05, 3.63) is 69.8 Å². The average Bonchev–Trinajstić information content (AvgIpc) is 3.26. The van der Waals surface area contributed by atoms with Gasteiger partial charge in [-0.25, -0.2) is 4.98 Å². The van der Waals surface area contributed by atoms with Gasteiger partial charge in [-0.15, -0.1) is 11.3 Å². The highest BCUT2D eigenvalue weighted by Crippen LogP contribution is 2.33. The van der Waals surface area contributed by atoms with Gasteiger partial charge in [0.15, 0.2) is 4.34 Å². The third-order valence-corrected chi connectivity index (χ3v) is 6.53. The fourth-order valence-corrected chi connectivity index (χ4v) is 5.02. The molecule has 11 heteroatoms. The first-order chi connectivity index (χ1) is 14.4. The molecule has 0 saturated carbocycles. The van der Waals surface area contributed by atoms with Crippen LogP contribution in [0.4, 0.5) is 11.4 Å². The molecular weight excluding hydrogens is 424 g/mol. The summed E-state index contributed by atoms with van der Waals surface area (Å²) in [7, 11) is 1.51. The van der Waals surface area contributed by atoms with E-state index in [-0.39, 0.29) is 17.1 Å². The number of pyridine rings is 1. The van der Waals surface area contributed by atoms with Crippen LogP contribution in [0.15, 0.2) is 47.1 Å². The molecule has 4 rings (SSSR count). The normalized spacial score (nSPS) is 11.0. The zero-order chi connectivity index (χ0) is 21.3. The molecule has 1 aromatic carbocycles. The number of aryl methyl sites for hydroxylation is 2. The summed E-state index contributed by atoms with van der Waals surface area (Å²) in [5, 5.41) is 18.0. The molecule has 0 aliphatic carbocycles. The lowest BCUT2D eigenvalue weighted by molar-refractivity contribution is -0.385. The largest absolute Gasteiger partial charge is 0.322 e. The van der Waals surface area contributed by atoms with E-state index in [2.05, 4.69) is 20.4 Å². The molecule has 4 aromatic rings. The van der Waals surface area contributed by atoms with Gasteiger partial charge in [0.25, 0.3) is 5.91 Å². The molecule has 3 aromatic heterocycles. The molecule has 0 saturated heterocycles. The topological polar surface area (TPSA) is 116 Å². The molecular formula is C19H16N6O3S2. The standard InChI is InChI=1S/C19H16N6O3S2/c1-11-16(25(27)28)17(24(2)23-11)18(26)21-13-5-6-14-15(8-13)30-19(22-14)29-10-12-4-3-7-20-9-12/h3-9H,10H2,1-2H3,(H,21,26). The molecule has 0 aliphatic heterocycles. The molecule has 0 bridgehead atoms. The molecule has 152 valence electrons. The number of nitro groups is 1. The first-order valence-electron chi connectivity index (χ1n) is 8.84. The van der Waals surface area contributed by atoms with Gasteiger partial charge in [0, 0.05) is 30.9 Å². The lowest BCUT2D eigenvalue weighted by Gasteiger charge is -2.05. The maximum Gasteiger partial charge on any atom is 0.322 e. The van der Waals surface area contributed by atoms with Crippen LogP contribution in [-0.2, 0) is 12.8 Å². The van der Waals surface area contributed by atoms with Crippen molar-refractivity contribution in [2.24, 2.45) is 7.05 Å². The van der Waals surface area contributed by atoms with E-state index in [1.807, 2.05) is 30.5 Å². The highest BCUT2D eigenvalue weighted by molar-refractivity contribution is 8.00. The highest BCUT2D eigenvalue weighted by atomic mass is 32.2. The summed E-state index contributed by atoms with van der Waals surface area (Å²) in [6.45, 7) is 1.50. The minimum Gasteiger partial charge on any atom is -0.320 e. The summed E-state index contributed by atoms with van der Waals surface area (Å²) < 4.78 is 3.05. The number of nitrogens with zero attached hydrogens (tertiary/aromatic N) is 5. The van der Waals surface area contributed by atoms with Gasteiger partial charge >= 0.3 is 5.69 Å². The SMILES string of the molecule is Cc1nn(C)c(C(=O)Nc2ccc3nc(SCc4cccnc4)sc3c2)c1[N+](=O)[O-]. The first kappa shape index (κ1) is 20.0. The van der Waals surface area contributed by atoms with Crippen molar-refractivity contribution in [3.8, 4) is 0 Å². The van der Waals surface area contributed by atoms with Crippen LogP contribution in [0.5, 0.6) is 0 Å². The van der Waals surface area contributed by atoms with Crippen molar-refractivity contribution in [3.63, 3.8) is 0 Å². The van der Waals surface area contributed by atoms with Crippen molar-refractivity contribution in [2.45, 2.75) is 17.0 Å². The quantitative estimate of drug-likeness (QED) is 0.271. The number of benzene rings is 1. The summed E-state index contributed by atoms with van der Waals surface area (Å²) in [6.07, 6.45) is 3.57. The Hall–Kier alpha value is -3.31. The number of thiazole rings is 1. The summed E-state index contributed by atoms with van der Waals surface area (Å²) >= 11 is 3.14. The molecule has 0 aliphatic rings. The van der Waals surface area contributed by atoms with Crippen molar-refractivity contribution in [1.82, 2.24) is 19.7 Å². The Morgan fingerprint density at radius 3 is 2.93 bits per heavy atom. The van der Waals surface area contributed by atoms with Crippen LogP contribution in [-0.4, -0.2) is 30.6 Å². The van der Waals surface area contributed by atoms with Crippen molar-refractivity contribution in [2.75, 3.05) is 5.32 Å². The van der Waals surface area contributed by atoms with Crippen LogP contribution in [0.25, 0.3) is 10.2 Å². The monoisotopic (exact) mass is 440 g/mol. The van der Waals surface area contributed by atoms with Crippen molar-refractivity contribution < 1.29 is 9.72 Å². The summed E-state index contributed by atoms with van der Waals surface area (Å²) in [6, 6.07) is 9.27. The van der Waals surface area contributed by atoms with Gasteiger partial charge in [0.1, 0.15) is 5.69 Å². The van der Waals surface area contributed by atoms with E-state index in [0.717, 1.165) is 25.9 Å². The van der Waals surface area contributed by atoms with E-state index in [1.54, 1.807) is 24.0 Å². The fourth-order valence-electron chi connectivity index (χ4n) is 2.98. The number of hydrogen-bond donors (Lipinski definition) is 1. The molecule has 9 nitrogen and oxygen atoms in total. The van der Waals surface area contributed by atoms with Gasteiger partial charge in [-0.2, -0.15) is 5.10 Å². The summed E-state index contributed by atoms with van der Waals surface area (Å²) in [5.41, 5.74) is 2.29. The number of aromatic nitrogens is 4. The number of fused-ring (bicyclic) bond motifs is 1. The fraction of sp³-hybridized carbons (Fsp3) is 0.158. The molecule has 0 radical (unpaired) electrons. The maximum absolute atomic E-state index is 12.7. The van der Waals surface area contributed by atoms with Gasteiger partial charge in [0.05, 0.1) is 15.1 Å². The molecule has 0 unspecified atom stereocenters. The zero-order valence-corrected chi connectivity index (χ0v) is 17.7. The zero-order valence-electron chi connectivity index (χ0n) is 16.0. The van der Waals surface area contributed by atoms with Crippen molar-refractivity contribution >= 4 is 50.6 Å². The Morgan fingerprint density at radius 1 is 1.37 bits per heavy atom. The number of amides is 1. The lowest BCUT2D eigenvalue weighted by Crippen LogP contribution is -2.17. The maximum atomic E-state index is 12.7. The molecule has 0 spiro atoms. The van der Waals surface area contributed by atoms with Gasteiger partial charge in [-0.1, -0.05) is 17.8 Å².